The van der Waals surface area contributed by atoms with Gasteiger partial charge in [-0.2, -0.15) is 13.2 Å². The molecule has 1 saturated carbocycles. The highest BCUT2D eigenvalue weighted by Gasteiger charge is 2.38. The number of alkyl halides is 3. The smallest absolute Gasteiger partial charge is 0.334 e. The van der Waals surface area contributed by atoms with E-state index < -0.39 is 11.7 Å². The van der Waals surface area contributed by atoms with Crippen molar-refractivity contribution >= 4 is 22.6 Å². The maximum atomic E-state index is 13.0. The number of benzene rings is 1. The number of nitrogens with one attached hydrogen (secondary N) is 1. The van der Waals surface area contributed by atoms with E-state index in [-0.39, 0.29) is 11.2 Å². The molecule has 1 fully saturated rings. The molecule has 2 nitrogen and oxygen atoms in total. The molecule has 0 saturated heterocycles. The molecule has 0 bridgehead atoms. The minimum Gasteiger partial charge on any atom is -0.334 e. The average molecular weight is 314 g/mol. The second-order valence-electron chi connectivity index (χ2n) is 5.66. The van der Waals surface area contributed by atoms with Crippen molar-refractivity contribution in [2.45, 2.75) is 43.8 Å². The Kier molecular flexibility index (Phi) is 3.90. The number of hydrogen-bond acceptors (Lipinski definition) is 3. The maximum absolute atomic E-state index is 13.0. The van der Waals surface area contributed by atoms with E-state index in [2.05, 4.69) is 5.32 Å². The van der Waals surface area contributed by atoms with Gasteiger partial charge in [-0.25, -0.2) is 0 Å². The molecule has 1 heterocycles. The summed E-state index contributed by atoms with van der Waals surface area (Å²) in [6, 6.07) is 5.56. The molecule has 2 aliphatic rings. The molecule has 1 N–H and O–H groups in total. The highest BCUT2D eigenvalue weighted by molar-refractivity contribution is 8.14. The summed E-state index contributed by atoms with van der Waals surface area (Å²) in [6.45, 7) is 0. The predicted molar refractivity (Wildman–Crippen MR) is 80.8 cm³/mol. The summed E-state index contributed by atoms with van der Waals surface area (Å²) >= 11 is 1.53. The topological polar surface area (TPSA) is 24.4 Å². The summed E-state index contributed by atoms with van der Waals surface area (Å²) in [5.74, 6) is 0.878. The van der Waals surface area contributed by atoms with E-state index in [1.54, 1.807) is 6.07 Å². The second-order valence-corrected chi connectivity index (χ2v) is 6.62. The molecule has 1 aromatic rings. The van der Waals surface area contributed by atoms with Gasteiger partial charge in [-0.1, -0.05) is 43.2 Å². The van der Waals surface area contributed by atoms with E-state index >= 15 is 0 Å². The third kappa shape index (κ3) is 3.20. The van der Waals surface area contributed by atoms with Crippen LogP contribution < -0.4 is 5.32 Å². The molecular weight excluding hydrogens is 297 g/mol. The number of aliphatic imine (C=N–C) groups is 1. The monoisotopic (exact) mass is 314 g/mol. The number of thioether (sulfide) groups is 1. The van der Waals surface area contributed by atoms with Gasteiger partial charge in [0, 0.05) is 5.75 Å². The van der Waals surface area contributed by atoms with Gasteiger partial charge < -0.3 is 5.32 Å². The van der Waals surface area contributed by atoms with Crippen molar-refractivity contribution in [1.29, 1.82) is 0 Å². The van der Waals surface area contributed by atoms with Crippen LogP contribution in [0.1, 0.15) is 37.7 Å². The van der Waals surface area contributed by atoms with Gasteiger partial charge in [0.05, 0.1) is 16.8 Å². The Hall–Kier alpha value is -1.17. The number of hydrogen-bond donors (Lipinski definition) is 1. The number of nitrogens with zero attached hydrogens (tertiary/aromatic N) is 1. The number of halogens is 3. The van der Waals surface area contributed by atoms with E-state index in [9.17, 15) is 13.2 Å². The fraction of sp³-hybridized carbons (Fsp3) is 0.533. The summed E-state index contributed by atoms with van der Waals surface area (Å²) in [6.07, 6.45) is 1.31. The third-order valence-corrected chi connectivity index (χ3v) is 5.22. The molecule has 1 aliphatic heterocycles. The lowest BCUT2D eigenvalue weighted by atomic mass is 9.84. The van der Waals surface area contributed by atoms with Crippen LogP contribution in [0.25, 0.3) is 0 Å². The molecule has 114 valence electrons. The van der Waals surface area contributed by atoms with Gasteiger partial charge in [0.15, 0.2) is 5.17 Å². The van der Waals surface area contributed by atoms with Crippen LogP contribution in [0.5, 0.6) is 0 Å². The highest BCUT2D eigenvalue weighted by atomic mass is 32.2. The Morgan fingerprint density at radius 3 is 2.52 bits per heavy atom. The molecule has 1 aromatic carbocycles. The third-order valence-electron chi connectivity index (χ3n) is 4.07. The largest absolute Gasteiger partial charge is 0.418 e. The summed E-state index contributed by atoms with van der Waals surface area (Å²) in [5.41, 5.74) is -0.597. The van der Waals surface area contributed by atoms with Gasteiger partial charge >= 0.3 is 6.18 Å². The van der Waals surface area contributed by atoms with Crippen molar-refractivity contribution in [2.75, 3.05) is 11.1 Å². The second kappa shape index (κ2) is 5.55. The summed E-state index contributed by atoms with van der Waals surface area (Å²) in [5, 5.41) is 3.50. The van der Waals surface area contributed by atoms with Gasteiger partial charge in [-0.15, -0.1) is 0 Å². The van der Waals surface area contributed by atoms with Crippen LogP contribution in [0, 0.1) is 0 Å². The van der Waals surface area contributed by atoms with Crippen molar-refractivity contribution in [2.24, 2.45) is 4.99 Å². The molecule has 1 spiro atoms. The first-order valence-electron chi connectivity index (χ1n) is 7.14. The molecule has 0 radical (unpaired) electrons. The van der Waals surface area contributed by atoms with E-state index in [0.29, 0.717) is 5.17 Å². The average Bonchev–Trinajstić information content (AvgIpc) is 2.81. The summed E-state index contributed by atoms with van der Waals surface area (Å²) in [4.78, 5) is 4.70. The van der Waals surface area contributed by atoms with E-state index in [0.717, 1.165) is 37.5 Å². The molecule has 6 heteroatoms. The van der Waals surface area contributed by atoms with E-state index in [1.165, 1.54) is 30.3 Å². The van der Waals surface area contributed by atoms with Crippen LogP contribution in [-0.4, -0.2) is 16.5 Å². The molecular formula is C15H17F3N2S. The van der Waals surface area contributed by atoms with Crippen LogP contribution in [0.4, 0.5) is 18.9 Å². The predicted octanol–water partition coefficient (Wildman–Crippen LogP) is 4.92. The Balaban J connectivity index is 1.80. The molecule has 21 heavy (non-hydrogen) atoms. The van der Waals surface area contributed by atoms with Crippen molar-refractivity contribution in [1.82, 2.24) is 0 Å². The zero-order chi connectivity index (χ0) is 14.9. The summed E-state index contributed by atoms with van der Waals surface area (Å²) < 4.78 is 39.0. The molecule has 1 aliphatic carbocycles. The Bertz CT molecular complexity index is 548. The Morgan fingerprint density at radius 1 is 1.10 bits per heavy atom. The highest BCUT2D eigenvalue weighted by Crippen LogP contribution is 2.41. The van der Waals surface area contributed by atoms with Gasteiger partial charge in [0.1, 0.15) is 0 Å². The fourth-order valence-electron chi connectivity index (χ4n) is 2.97. The number of para-hydroxylation sites is 1. The minimum absolute atomic E-state index is 0.0432. The lowest BCUT2D eigenvalue weighted by molar-refractivity contribution is -0.136. The SMILES string of the molecule is FC(F)(F)c1ccccc1NC1=NC2(CCCCC2)CS1. The number of anilines is 1. The normalized spacial score (nSPS) is 21.4. The van der Waals surface area contributed by atoms with Gasteiger partial charge in [0.25, 0.3) is 0 Å². The standard InChI is InChI=1S/C15H17F3N2S/c16-15(17,18)11-6-2-3-7-12(11)19-13-20-14(10-21-13)8-4-1-5-9-14/h2-3,6-7H,1,4-5,8-10H2,(H,19,20). The maximum Gasteiger partial charge on any atom is 0.418 e. The van der Waals surface area contributed by atoms with Crippen LogP contribution in [0.2, 0.25) is 0 Å². The van der Waals surface area contributed by atoms with Crippen molar-refractivity contribution in [3.63, 3.8) is 0 Å². The summed E-state index contributed by atoms with van der Waals surface area (Å²) in [7, 11) is 0. The van der Waals surface area contributed by atoms with Gasteiger partial charge in [-0.05, 0) is 25.0 Å². The molecule has 0 amide bonds. The zero-order valence-corrected chi connectivity index (χ0v) is 12.4. The molecule has 0 aromatic heterocycles. The van der Waals surface area contributed by atoms with E-state index in [1.807, 2.05) is 0 Å². The van der Waals surface area contributed by atoms with Gasteiger partial charge in [-0.3, -0.25) is 4.99 Å². The molecule has 0 unspecified atom stereocenters. The van der Waals surface area contributed by atoms with Crippen molar-refractivity contribution in [3.05, 3.63) is 29.8 Å². The quantitative estimate of drug-likeness (QED) is 0.795. The number of rotatable bonds is 1. The van der Waals surface area contributed by atoms with Crippen LogP contribution in [-0.2, 0) is 6.18 Å². The molecule has 0 atom stereocenters. The lowest BCUT2D eigenvalue weighted by Gasteiger charge is -2.29. The minimum atomic E-state index is -4.35. The lowest BCUT2D eigenvalue weighted by Crippen LogP contribution is -2.29. The first-order valence-corrected chi connectivity index (χ1v) is 8.13. The van der Waals surface area contributed by atoms with Crippen LogP contribution in [0.15, 0.2) is 29.3 Å². The first kappa shape index (κ1) is 14.8. The first-order chi connectivity index (χ1) is 9.99. The van der Waals surface area contributed by atoms with E-state index in [4.69, 9.17) is 4.99 Å². The van der Waals surface area contributed by atoms with Crippen molar-refractivity contribution < 1.29 is 13.2 Å². The zero-order valence-electron chi connectivity index (χ0n) is 11.5. The number of amidine groups is 1. The van der Waals surface area contributed by atoms with Crippen LogP contribution >= 0.6 is 11.8 Å². The van der Waals surface area contributed by atoms with Crippen molar-refractivity contribution in [3.8, 4) is 0 Å². The fourth-order valence-corrected chi connectivity index (χ4v) is 4.17. The van der Waals surface area contributed by atoms with Crippen LogP contribution in [0.3, 0.4) is 0 Å². The Labute approximate surface area is 126 Å². The van der Waals surface area contributed by atoms with Gasteiger partial charge in [0.2, 0.25) is 0 Å². The molecule has 3 rings (SSSR count). The Morgan fingerprint density at radius 2 is 1.81 bits per heavy atom.